The van der Waals surface area contributed by atoms with Gasteiger partial charge < -0.3 is 4.84 Å². The molecule has 0 saturated heterocycles. The lowest BCUT2D eigenvalue weighted by Gasteiger charge is -2.02. The summed E-state index contributed by atoms with van der Waals surface area (Å²) >= 11 is 3.46. The first-order chi connectivity index (χ1) is 7.25. The van der Waals surface area contributed by atoms with Crippen molar-refractivity contribution in [3.63, 3.8) is 0 Å². The van der Waals surface area contributed by atoms with Crippen molar-refractivity contribution in [2.24, 2.45) is 5.16 Å². The number of benzene rings is 1. The first-order valence-corrected chi connectivity index (χ1v) is 6.04. The topological polar surface area (TPSA) is 21.6 Å². The molecule has 0 amide bonds. The van der Waals surface area contributed by atoms with E-state index in [1.165, 1.54) is 24.1 Å². The lowest BCUT2D eigenvalue weighted by atomic mass is 10.2. The molecule has 1 fully saturated rings. The van der Waals surface area contributed by atoms with E-state index in [0.717, 1.165) is 23.1 Å². The number of halogens is 1. The molecule has 0 aliphatic heterocycles. The highest BCUT2D eigenvalue weighted by Gasteiger charge is 2.08. The summed E-state index contributed by atoms with van der Waals surface area (Å²) in [4.78, 5) is 5.39. The highest BCUT2D eigenvalue weighted by Crippen LogP contribution is 2.22. The summed E-state index contributed by atoms with van der Waals surface area (Å²) in [5.41, 5.74) is 2.36. The maximum atomic E-state index is 5.39. The Morgan fingerprint density at radius 1 is 1.27 bits per heavy atom. The molecular formula is C12H14BrNO. The van der Waals surface area contributed by atoms with E-state index < -0.39 is 0 Å². The van der Waals surface area contributed by atoms with E-state index in [9.17, 15) is 0 Å². The Morgan fingerprint density at radius 3 is 2.67 bits per heavy atom. The molecular weight excluding hydrogens is 254 g/mol. The number of aryl methyl sites for hydroxylation is 1. The Kier molecular flexibility index (Phi) is 3.41. The van der Waals surface area contributed by atoms with Crippen LogP contribution in [-0.4, -0.2) is 5.71 Å². The van der Waals surface area contributed by atoms with Crippen LogP contribution >= 0.6 is 15.9 Å². The molecule has 1 aromatic carbocycles. The van der Waals surface area contributed by atoms with Gasteiger partial charge in [-0.2, -0.15) is 0 Å². The monoisotopic (exact) mass is 267 g/mol. The van der Waals surface area contributed by atoms with E-state index in [2.05, 4.69) is 21.1 Å². The van der Waals surface area contributed by atoms with E-state index in [0.29, 0.717) is 0 Å². The predicted molar refractivity (Wildman–Crippen MR) is 65.4 cm³/mol. The van der Waals surface area contributed by atoms with Gasteiger partial charge in [-0.15, -0.1) is 0 Å². The van der Waals surface area contributed by atoms with Crippen molar-refractivity contribution in [1.29, 1.82) is 0 Å². The molecule has 0 unspecified atom stereocenters. The third kappa shape index (κ3) is 2.81. The number of hydrogen-bond donors (Lipinski definition) is 0. The summed E-state index contributed by atoms with van der Waals surface area (Å²) in [6.07, 6.45) is 4.69. The Labute approximate surface area is 98.4 Å². The molecule has 0 N–H and O–H groups in total. The van der Waals surface area contributed by atoms with Gasteiger partial charge in [-0.05, 0) is 56.4 Å². The van der Waals surface area contributed by atoms with E-state index >= 15 is 0 Å². The number of hydrogen-bond acceptors (Lipinski definition) is 2. The zero-order chi connectivity index (χ0) is 10.7. The molecule has 1 aliphatic rings. The number of oxime groups is 1. The average Bonchev–Trinajstić information content (AvgIpc) is 2.73. The van der Waals surface area contributed by atoms with Crippen molar-refractivity contribution in [2.75, 3.05) is 0 Å². The zero-order valence-electron chi connectivity index (χ0n) is 8.79. The largest absolute Gasteiger partial charge is 0.357 e. The van der Waals surface area contributed by atoms with Crippen LogP contribution in [-0.2, 0) is 0 Å². The Balaban J connectivity index is 2.04. The van der Waals surface area contributed by atoms with Gasteiger partial charge in [0.25, 0.3) is 0 Å². The summed E-state index contributed by atoms with van der Waals surface area (Å²) in [5, 5.41) is 4.17. The number of nitrogens with zero attached hydrogens (tertiary/aromatic N) is 1. The molecule has 0 spiro atoms. The summed E-state index contributed by atoms with van der Waals surface area (Å²) in [6, 6.07) is 5.90. The van der Waals surface area contributed by atoms with Crippen molar-refractivity contribution >= 4 is 21.6 Å². The molecule has 2 nitrogen and oxygen atoms in total. The fourth-order valence-corrected chi connectivity index (χ4v) is 1.91. The van der Waals surface area contributed by atoms with Crippen molar-refractivity contribution in [1.82, 2.24) is 0 Å². The maximum Gasteiger partial charge on any atom is 0.158 e. The molecule has 3 heteroatoms. The lowest BCUT2D eigenvalue weighted by Crippen LogP contribution is -1.93. The molecule has 0 aromatic heterocycles. The highest BCUT2D eigenvalue weighted by molar-refractivity contribution is 9.10. The number of rotatable bonds is 2. The average molecular weight is 268 g/mol. The summed E-state index contributed by atoms with van der Waals surface area (Å²) in [6.45, 7) is 2.04. The quantitative estimate of drug-likeness (QED) is 0.741. The van der Waals surface area contributed by atoms with Gasteiger partial charge in [-0.25, -0.2) is 0 Å². The molecule has 1 aliphatic carbocycles. The van der Waals surface area contributed by atoms with Crippen LogP contribution in [0.25, 0.3) is 0 Å². The molecule has 1 aromatic rings. The minimum absolute atomic E-state index is 0.815. The van der Waals surface area contributed by atoms with Crippen LogP contribution in [0.2, 0.25) is 0 Å². The second-order valence-electron chi connectivity index (χ2n) is 3.87. The van der Waals surface area contributed by atoms with Crippen molar-refractivity contribution < 1.29 is 4.84 Å². The highest BCUT2D eigenvalue weighted by atomic mass is 79.9. The van der Waals surface area contributed by atoms with Gasteiger partial charge in [0.2, 0.25) is 0 Å². The molecule has 15 heavy (non-hydrogen) atoms. The van der Waals surface area contributed by atoms with E-state index in [-0.39, 0.29) is 0 Å². The standard InChI is InChI=1S/C12H14BrNO/c1-9-8-11(6-7-12(9)13)15-14-10-4-2-3-5-10/h6-8H,2-5H2,1H3. The molecule has 2 rings (SSSR count). The Bertz CT molecular complexity index is 379. The fraction of sp³-hybridized carbons (Fsp3) is 0.417. The molecule has 0 atom stereocenters. The first-order valence-electron chi connectivity index (χ1n) is 5.24. The Morgan fingerprint density at radius 2 is 2.00 bits per heavy atom. The van der Waals surface area contributed by atoms with Gasteiger partial charge in [0, 0.05) is 4.47 Å². The summed E-state index contributed by atoms with van der Waals surface area (Å²) in [7, 11) is 0. The van der Waals surface area contributed by atoms with Gasteiger partial charge in [-0.3, -0.25) is 0 Å². The van der Waals surface area contributed by atoms with Gasteiger partial charge in [-0.1, -0.05) is 21.1 Å². The maximum absolute atomic E-state index is 5.39. The summed E-state index contributed by atoms with van der Waals surface area (Å²) < 4.78 is 1.10. The minimum atomic E-state index is 0.815. The van der Waals surface area contributed by atoms with Crippen LogP contribution in [0.3, 0.4) is 0 Å². The fourth-order valence-electron chi connectivity index (χ4n) is 1.67. The van der Waals surface area contributed by atoms with Crippen molar-refractivity contribution in [2.45, 2.75) is 32.6 Å². The lowest BCUT2D eigenvalue weighted by molar-refractivity contribution is 0.339. The second kappa shape index (κ2) is 4.79. The first kappa shape index (κ1) is 10.7. The van der Waals surface area contributed by atoms with Gasteiger partial charge in [0.15, 0.2) is 5.75 Å². The SMILES string of the molecule is Cc1cc(ON=C2CCCC2)ccc1Br. The van der Waals surface area contributed by atoms with Crippen LogP contribution in [0.5, 0.6) is 5.75 Å². The van der Waals surface area contributed by atoms with E-state index in [1.54, 1.807) is 0 Å². The van der Waals surface area contributed by atoms with Crippen LogP contribution in [0.4, 0.5) is 0 Å². The predicted octanol–water partition coefficient (Wildman–Crippen LogP) is 4.07. The van der Waals surface area contributed by atoms with E-state index in [1.807, 2.05) is 25.1 Å². The molecule has 0 radical (unpaired) electrons. The summed E-state index contributed by atoms with van der Waals surface area (Å²) in [5.74, 6) is 0.815. The van der Waals surface area contributed by atoms with Crippen LogP contribution in [0, 0.1) is 6.92 Å². The smallest absolute Gasteiger partial charge is 0.158 e. The van der Waals surface area contributed by atoms with Gasteiger partial charge in [0.05, 0.1) is 5.71 Å². The molecule has 0 bridgehead atoms. The van der Waals surface area contributed by atoms with E-state index in [4.69, 9.17) is 4.84 Å². The second-order valence-corrected chi connectivity index (χ2v) is 4.72. The van der Waals surface area contributed by atoms with Gasteiger partial charge in [0.1, 0.15) is 0 Å². The van der Waals surface area contributed by atoms with Crippen LogP contribution < -0.4 is 4.84 Å². The normalized spacial score (nSPS) is 15.5. The minimum Gasteiger partial charge on any atom is -0.357 e. The molecule has 1 saturated carbocycles. The zero-order valence-corrected chi connectivity index (χ0v) is 10.4. The van der Waals surface area contributed by atoms with Crippen molar-refractivity contribution in [3.05, 3.63) is 28.2 Å². The molecule has 80 valence electrons. The van der Waals surface area contributed by atoms with Crippen LogP contribution in [0.1, 0.15) is 31.2 Å². The third-order valence-corrected chi connectivity index (χ3v) is 3.48. The Hall–Kier alpha value is -0.830. The third-order valence-electron chi connectivity index (χ3n) is 2.59. The van der Waals surface area contributed by atoms with Crippen molar-refractivity contribution in [3.8, 4) is 5.75 Å². The molecule has 0 heterocycles. The van der Waals surface area contributed by atoms with Crippen LogP contribution in [0.15, 0.2) is 27.8 Å². The van der Waals surface area contributed by atoms with Gasteiger partial charge >= 0.3 is 0 Å².